The van der Waals surface area contributed by atoms with Crippen molar-refractivity contribution >= 4 is 46.4 Å². The summed E-state index contributed by atoms with van der Waals surface area (Å²) in [6.45, 7) is 0. The molecule has 1 aromatic carbocycles. The minimum Gasteiger partial charge on any atom is -0.369 e. The molecule has 1 aliphatic rings. The van der Waals surface area contributed by atoms with Crippen LogP contribution in [0.4, 0.5) is 13.2 Å². The quantitative estimate of drug-likeness (QED) is 0.518. The summed E-state index contributed by atoms with van der Waals surface area (Å²) in [5, 5.41) is 23.8. The number of alkyl halides is 3. The molecule has 0 bridgehead atoms. The Labute approximate surface area is 193 Å². The highest BCUT2D eigenvalue weighted by Crippen LogP contribution is 2.52. The summed E-state index contributed by atoms with van der Waals surface area (Å²) >= 11 is 7.69. The summed E-state index contributed by atoms with van der Waals surface area (Å²) < 4.78 is 42.8. The number of allylic oxidation sites excluding steroid dienone is 1. The van der Waals surface area contributed by atoms with E-state index in [2.05, 4.69) is 0 Å². The number of aliphatic hydroxyl groups is 1. The van der Waals surface area contributed by atoms with Gasteiger partial charge in [-0.05, 0) is 23.1 Å². The lowest BCUT2D eigenvalue weighted by Crippen LogP contribution is -2.66. The van der Waals surface area contributed by atoms with Gasteiger partial charge in [0.15, 0.2) is 5.78 Å². The topological polar surface area (TPSA) is 116 Å². The third-order valence-electron chi connectivity index (χ3n) is 4.84. The first kappa shape index (κ1) is 24.1. The second-order valence-electron chi connectivity index (χ2n) is 6.82. The van der Waals surface area contributed by atoms with E-state index in [-0.39, 0.29) is 21.0 Å². The van der Waals surface area contributed by atoms with E-state index < -0.39 is 46.2 Å². The van der Waals surface area contributed by atoms with Crippen LogP contribution in [-0.2, 0) is 4.79 Å². The standard InChI is InChI=1S/C20H15ClF3N3O3S2/c21-12-5-2-1-4-10(12)15-11(8-25)18(32-9-14(26)28)27-19(30,20(22,23)24)16(15)17(29)13-6-3-7-31-13/h1-7,15-16,27,30H,9H2,(H2,26,28). The van der Waals surface area contributed by atoms with Crippen LogP contribution in [0.2, 0.25) is 5.02 Å². The van der Waals surface area contributed by atoms with E-state index in [1.165, 1.54) is 41.8 Å². The van der Waals surface area contributed by atoms with Crippen LogP contribution in [0.5, 0.6) is 0 Å². The van der Waals surface area contributed by atoms with Gasteiger partial charge in [0.2, 0.25) is 11.6 Å². The molecule has 3 unspecified atom stereocenters. The van der Waals surface area contributed by atoms with Gasteiger partial charge in [0.25, 0.3) is 0 Å². The predicted molar refractivity (Wildman–Crippen MR) is 115 cm³/mol. The number of carbonyl (C=O) groups excluding carboxylic acids is 2. The highest BCUT2D eigenvalue weighted by Gasteiger charge is 2.66. The first-order valence-electron chi connectivity index (χ1n) is 8.96. The van der Waals surface area contributed by atoms with Crippen LogP contribution < -0.4 is 11.1 Å². The molecule has 6 nitrogen and oxygen atoms in total. The lowest BCUT2D eigenvalue weighted by molar-refractivity contribution is -0.285. The van der Waals surface area contributed by atoms with Gasteiger partial charge in [-0.3, -0.25) is 9.59 Å². The fourth-order valence-corrected chi connectivity index (χ4v) is 5.27. The normalized spacial score (nSPS) is 23.4. The number of nitrogens with one attached hydrogen (secondary N) is 1. The minimum absolute atomic E-state index is 0.0138. The maximum atomic E-state index is 14.3. The van der Waals surface area contributed by atoms with E-state index >= 15 is 0 Å². The van der Waals surface area contributed by atoms with Crippen molar-refractivity contribution in [1.29, 1.82) is 5.26 Å². The molecule has 3 atom stereocenters. The van der Waals surface area contributed by atoms with E-state index in [1.807, 2.05) is 11.4 Å². The van der Waals surface area contributed by atoms with Gasteiger partial charge in [-0.25, -0.2) is 0 Å². The number of hydrogen-bond acceptors (Lipinski definition) is 7. The number of amides is 1. The molecule has 0 aliphatic carbocycles. The summed E-state index contributed by atoms with van der Waals surface area (Å²) in [5.41, 5.74) is 1.14. The van der Waals surface area contributed by atoms with E-state index in [1.54, 1.807) is 0 Å². The van der Waals surface area contributed by atoms with Gasteiger partial charge in [-0.15, -0.1) is 11.3 Å². The van der Waals surface area contributed by atoms with Crippen molar-refractivity contribution in [3.63, 3.8) is 0 Å². The van der Waals surface area contributed by atoms with Crippen molar-refractivity contribution in [3.05, 3.63) is 67.8 Å². The molecule has 0 spiro atoms. The Balaban J connectivity index is 2.33. The van der Waals surface area contributed by atoms with Gasteiger partial charge in [0.05, 0.1) is 33.2 Å². The third-order valence-corrected chi connectivity index (χ3v) is 7.11. The average Bonchev–Trinajstić information content (AvgIpc) is 3.26. The fourth-order valence-electron chi connectivity index (χ4n) is 3.47. The third kappa shape index (κ3) is 4.36. The van der Waals surface area contributed by atoms with Crippen LogP contribution >= 0.6 is 34.7 Å². The average molecular weight is 502 g/mol. The van der Waals surface area contributed by atoms with Crippen LogP contribution in [0, 0.1) is 17.2 Å². The van der Waals surface area contributed by atoms with Gasteiger partial charge >= 0.3 is 6.18 Å². The molecular formula is C20H15ClF3N3O3S2. The number of halogens is 4. The molecule has 2 aromatic rings. The molecule has 12 heteroatoms. The van der Waals surface area contributed by atoms with Crippen molar-refractivity contribution in [2.45, 2.75) is 17.8 Å². The number of ketones is 1. The minimum atomic E-state index is -5.33. The number of rotatable bonds is 6. The Kier molecular flexibility index (Phi) is 6.90. The Morgan fingerprint density at radius 1 is 1.31 bits per heavy atom. The molecule has 4 N–H and O–H groups in total. The number of nitriles is 1. The number of nitrogens with two attached hydrogens (primary N) is 1. The van der Waals surface area contributed by atoms with Gasteiger partial charge < -0.3 is 16.2 Å². The second-order valence-corrected chi connectivity index (χ2v) is 9.16. The highest BCUT2D eigenvalue weighted by molar-refractivity contribution is 8.03. The van der Waals surface area contributed by atoms with E-state index in [9.17, 15) is 33.1 Å². The molecule has 1 aliphatic heterocycles. The number of nitrogens with zero attached hydrogens (tertiary/aromatic N) is 1. The molecule has 0 radical (unpaired) electrons. The zero-order valence-corrected chi connectivity index (χ0v) is 18.4. The van der Waals surface area contributed by atoms with Gasteiger partial charge in [-0.2, -0.15) is 18.4 Å². The molecule has 1 amide bonds. The summed E-state index contributed by atoms with van der Waals surface area (Å²) in [7, 11) is 0. The number of thiophene rings is 1. The van der Waals surface area contributed by atoms with Crippen molar-refractivity contribution in [2.24, 2.45) is 11.7 Å². The Hall–Kier alpha value is -2.52. The maximum absolute atomic E-state index is 14.3. The lowest BCUT2D eigenvalue weighted by Gasteiger charge is -2.45. The number of benzene rings is 1. The number of carbonyl (C=O) groups is 2. The van der Waals surface area contributed by atoms with Crippen molar-refractivity contribution in [3.8, 4) is 6.07 Å². The SMILES string of the molecule is N#CC1=C(SCC(N)=O)NC(O)(C(F)(F)F)C(C(=O)c2cccs2)C1c1ccccc1Cl. The van der Waals surface area contributed by atoms with Crippen LogP contribution in [0.1, 0.15) is 21.2 Å². The van der Waals surface area contributed by atoms with Crippen LogP contribution in [0.25, 0.3) is 0 Å². The number of hydrogen-bond donors (Lipinski definition) is 3. The van der Waals surface area contributed by atoms with Crippen LogP contribution in [-0.4, -0.2) is 34.5 Å². The number of thioether (sulfide) groups is 1. The zero-order chi connectivity index (χ0) is 23.7. The van der Waals surface area contributed by atoms with Gasteiger partial charge in [-0.1, -0.05) is 47.6 Å². The first-order chi connectivity index (χ1) is 15.0. The molecule has 3 rings (SSSR count). The molecule has 0 saturated heterocycles. The van der Waals surface area contributed by atoms with E-state index in [0.29, 0.717) is 11.8 Å². The molecule has 1 aromatic heterocycles. The van der Waals surface area contributed by atoms with Crippen LogP contribution in [0.3, 0.4) is 0 Å². The molecule has 2 heterocycles. The summed E-state index contributed by atoms with van der Waals surface area (Å²) in [6.07, 6.45) is -5.33. The van der Waals surface area contributed by atoms with Crippen molar-refractivity contribution in [1.82, 2.24) is 5.32 Å². The molecule has 0 saturated carbocycles. The highest BCUT2D eigenvalue weighted by atomic mass is 35.5. The Bertz CT molecular complexity index is 1120. The largest absolute Gasteiger partial charge is 0.437 e. The zero-order valence-electron chi connectivity index (χ0n) is 16.0. The fraction of sp³-hybridized carbons (Fsp3) is 0.250. The molecule has 32 heavy (non-hydrogen) atoms. The van der Waals surface area contributed by atoms with Crippen molar-refractivity contribution in [2.75, 3.05) is 5.75 Å². The predicted octanol–water partition coefficient (Wildman–Crippen LogP) is 3.79. The summed E-state index contributed by atoms with van der Waals surface area (Å²) in [6, 6.07) is 10.5. The Morgan fingerprint density at radius 2 is 2.00 bits per heavy atom. The van der Waals surface area contributed by atoms with Crippen molar-refractivity contribution < 1.29 is 27.9 Å². The van der Waals surface area contributed by atoms with Gasteiger partial charge in [0, 0.05) is 10.9 Å². The number of Topliss-reactive ketones (excluding diaryl/α,β-unsaturated/α-hetero) is 1. The van der Waals surface area contributed by atoms with Gasteiger partial charge in [0.1, 0.15) is 0 Å². The maximum Gasteiger partial charge on any atom is 0.437 e. The monoisotopic (exact) mass is 501 g/mol. The molecule has 168 valence electrons. The Morgan fingerprint density at radius 3 is 2.53 bits per heavy atom. The number of primary amides is 1. The molecule has 0 fully saturated rings. The first-order valence-corrected chi connectivity index (χ1v) is 11.2. The van der Waals surface area contributed by atoms with E-state index in [0.717, 1.165) is 11.3 Å². The van der Waals surface area contributed by atoms with E-state index in [4.69, 9.17) is 17.3 Å². The smallest absolute Gasteiger partial charge is 0.369 e. The molecular weight excluding hydrogens is 487 g/mol. The second kappa shape index (κ2) is 9.15. The lowest BCUT2D eigenvalue weighted by atomic mass is 9.70. The summed E-state index contributed by atoms with van der Waals surface area (Å²) in [5.74, 6) is -6.03. The summed E-state index contributed by atoms with van der Waals surface area (Å²) in [4.78, 5) is 24.5. The van der Waals surface area contributed by atoms with Crippen LogP contribution in [0.15, 0.2) is 52.4 Å².